The van der Waals surface area contributed by atoms with Gasteiger partial charge in [-0.1, -0.05) is 497 Å². The van der Waals surface area contributed by atoms with Crippen molar-refractivity contribution in [3.05, 3.63) is 523 Å². The second-order valence-corrected chi connectivity index (χ2v) is 48.1. The highest BCUT2D eigenvalue weighted by Crippen LogP contribution is 2.49. The van der Waals surface area contributed by atoms with Crippen molar-refractivity contribution in [1.29, 1.82) is 0 Å². The SMILES string of the molecule is Brc1ccc(Br)cc1.Brc1cccc(P(c2ccccc2)c2ccccc2)c1.O=P(c1ccccc1)(c1ccccc1)c1cccc(P(=O)(c2ccccc2)c2cccc(P(=O)(c3ccccc3)c3ccccc3)c2)c1.OO.c1ccc(P(c2ccccc2)c2cccc(P(c3ccccc3)c3cccc(P(c4ccccc4)c4ccccc4)c3)c2)cc1. The minimum Gasteiger partial charge on any atom is -0.309 e. The third-order valence-electron chi connectivity index (χ3n) is 20.4. The van der Waals surface area contributed by atoms with E-state index in [1.54, 1.807) is 0 Å². The molecular weight excluding hydrogens is 1830 g/mol. The summed E-state index contributed by atoms with van der Waals surface area (Å²) in [6.07, 6.45) is 0. The molecule has 18 aromatic rings. The van der Waals surface area contributed by atoms with Crippen LogP contribution in [-0.4, -0.2) is 10.5 Å². The first kappa shape index (κ1) is 89.0. The van der Waals surface area contributed by atoms with Crippen LogP contribution < -0.4 is 111 Å². The van der Waals surface area contributed by atoms with Crippen molar-refractivity contribution >= 4 is 212 Å². The molecule has 0 heterocycles. The fraction of sp³-hybridized carbons (Fsp3) is 0. The molecule has 0 saturated heterocycles. The summed E-state index contributed by atoms with van der Waals surface area (Å²) in [7, 11) is -12.9. The Balaban J connectivity index is 0.000000151. The van der Waals surface area contributed by atoms with E-state index in [1.807, 2.05) is 224 Å². The fourth-order valence-corrected chi connectivity index (χ4v) is 33.7. The molecule has 0 aliphatic carbocycles. The minimum absolute atomic E-state index is 0.492. The molecule has 0 aliphatic heterocycles. The van der Waals surface area contributed by atoms with Crippen LogP contribution in [0.1, 0.15) is 0 Å². The lowest BCUT2D eigenvalue weighted by Gasteiger charge is -2.25. The number of halogens is 3. The van der Waals surface area contributed by atoms with Gasteiger partial charge in [0, 0.05) is 61.2 Å². The lowest BCUT2D eigenvalue weighted by atomic mass is 10.3. The van der Waals surface area contributed by atoms with Gasteiger partial charge >= 0.3 is 0 Å². The Kier molecular flexibility index (Phi) is 32.1. The molecular formula is C108H86Br3O5P7. The summed E-state index contributed by atoms with van der Waals surface area (Å²) in [5.74, 6) is 0. The van der Waals surface area contributed by atoms with Crippen molar-refractivity contribution in [2.45, 2.75) is 0 Å². The van der Waals surface area contributed by atoms with Crippen LogP contribution in [0, 0.1) is 0 Å². The molecule has 2 N–H and O–H groups in total. The quantitative estimate of drug-likeness (QED) is 0.0425. The molecule has 5 nitrogen and oxygen atoms in total. The maximum absolute atomic E-state index is 15.9. The zero-order valence-electron chi connectivity index (χ0n) is 66.9. The Morgan fingerprint density at radius 3 is 0.496 bits per heavy atom. The summed E-state index contributed by atoms with van der Waals surface area (Å²) in [5.41, 5.74) is 0. The van der Waals surface area contributed by atoms with Gasteiger partial charge in [-0.05, 0) is 156 Å². The van der Waals surface area contributed by atoms with Crippen LogP contribution in [0.15, 0.2) is 523 Å². The first-order chi connectivity index (χ1) is 60.4. The first-order valence-corrected chi connectivity index (χ1v) is 52.7. The van der Waals surface area contributed by atoms with Gasteiger partial charge in [-0.3, -0.25) is 10.5 Å². The van der Waals surface area contributed by atoms with E-state index in [9.17, 15) is 0 Å². The predicted octanol–water partition coefficient (Wildman–Crippen LogP) is 21.0. The fourth-order valence-electron chi connectivity index (χ4n) is 14.7. The Bertz CT molecular complexity index is 5980. The third-order valence-corrected chi connectivity index (χ3v) is 40.7. The topological polar surface area (TPSA) is 91.7 Å². The van der Waals surface area contributed by atoms with Crippen molar-refractivity contribution in [1.82, 2.24) is 0 Å². The van der Waals surface area contributed by atoms with Crippen molar-refractivity contribution in [3.63, 3.8) is 0 Å². The Morgan fingerprint density at radius 2 is 0.293 bits per heavy atom. The normalized spacial score (nSPS) is 11.2. The summed E-state index contributed by atoms with van der Waals surface area (Å²) in [4.78, 5) is 0. The van der Waals surface area contributed by atoms with E-state index in [0.717, 1.165) is 13.4 Å². The molecule has 18 aromatic carbocycles. The molecule has 18 rings (SSSR count). The van der Waals surface area contributed by atoms with Crippen LogP contribution in [0.4, 0.5) is 0 Å². The molecule has 0 fully saturated rings. The molecule has 0 bridgehead atoms. The van der Waals surface area contributed by atoms with E-state index < -0.39 is 53.1 Å². The molecule has 0 saturated carbocycles. The van der Waals surface area contributed by atoms with E-state index in [1.165, 1.54) is 63.7 Å². The second-order valence-electron chi connectivity index (χ2n) is 28.2. The summed E-state index contributed by atoms with van der Waals surface area (Å²) >= 11 is 10.2. The average Bonchev–Trinajstić information content (AvgIpc) is 0.745. The van der Waals surface area contributed by atoms with E-state index in [4.69, 9.17) is 10.5 Å². The van der Waals surface area contributed by atoms with Gasteiger partial charge in [-0.25, -0.2) is 0 Å². The lowest BCUT2D eigenvalue weighted by Crippen LogP contribution is -2.32. The highest BCUT2D eigenvalue weighted by atomic mass is 79.9. The van der Waals surface area contributed by atoms with Gasteiger partial charge in [-0.15, -0.1) is 0 Å². The van der Waals surface area contributed by atoms with Gasteiger partial charge in [0.2, 0.25) is 0 Å². The monoisotopic (exact) mass is 1920 g/mol. The molecule has 0 radical (unpaired) electrons. The third kappa shape index (κ3) is 21.9. The van der Waals surface area contributed by atoms with Crippen LogP contribution in [-0.2, 0) is 13.7 Å². The number of rotatable bonds is 21. The summed E-state index contributed by atoms with van der Waals surface area (Å²) < 4.78 is 50.0. The Morgan fingerprint density at radius 1 is 0.146 bits per heavy atom. The van der Waals surface area contributed by atoms with E-state index in [2.05, 4.69) is 333 Å². The van der Waals surface area contributed by atoms with E-state index in [-0.39, 0.29) is 0 Å². The largest absolute Gasteiger partial charge is 0.309 e. The van der Waals surface area contributed by atoms with Crippen LogP contribution >= 0.6 is 101 Å². The maximum atomic E-state index is 15.9. The molecule has 0 atom stereocenters. The van der Waals surface area contributed by atoms with Crippen LogP contribution in [0.3, 0.4) is 0 Å². The van der Waals surface area contributed by atoms with Crippen molar-refractivity contribution < 1.29 is 24.2 Å². The zero-order chi connectivity index (χ0) is 85.1. The van der Waals surface area contributed by atoms with Crippen LogP contribution in [0.2, 0.25) is 0 Å². The molecule has 0 amide bonds. The zero-order valence-corrected chi connectivity index (χ0v) is 77.9. The lowest BCUT2D eigenvalue weighted by molar-refractivity contribution is -0.176. The molecule has 0 unspecified atom stereocenters. The molecule has 123 heavy (non-hydrogen) atoms. The van der Waals surface area contributed by atoms with Crippen molar-refractivity contribution in [2.75, 3.05) is 0 Å². The number of benzene rings is 18. The minimum atomic E-state index is -3.58. The van der Waals surface area contributed by atoms with Crippen LogP contribution in [0.25, 0.3) is 0 Å². The summed E-state index contributed by atoms with van der Waals surface area (Å²) in [5, 5.41) is 34.3. The van der Waals surface area contributed by atoms with E-state index >= 15 is 13.7 Å². The van der Waals surface area contributed by atoms with Crippen molar-refractivity contribution in [2.24, 2.45) is 0 Å². The summed E-state index contributed by atoms with van der Waals surface area (Å²) in [6, 6.07) is 174. The van der Waals surface area contributed by atoms with Gasteiger partial charge in [0.1, 0.15) is 0 Å². The van der Waals surface area contributed by atoms with Gasteiger partial charge in [0.25, 0.3) is 0 Å². The highest BCUT2D eigenvalue weighted by Gasteiger charge is 2.37. The van der Waals surface area contributed by atoms with Crippen molar-refractivity contribution in [3.8, 4) is 0 Å². The van der Waals surface area contributed by atoms with Gasteiger partial charge in [0.05, 0.1) is 0 Å². The number of hydrogen-bond acceptors (Lipinski definition) is 5. The molecule has 0 aromatic heterocycles. The van der Waals surface area contributed by atoms with Crippen LogP contribution in [0.5, 0.6) is 0 Å². The Hall–Kier alpha value is -10.3. The molecule has 0 spiro atoms. The maximum Gasteiger partial charge on any atom is 0.171 e. The molecule has 15 heteroatoms. The second kappa shape index (κ2) is 44.4. The average molecular weight is 1920 g/mol. The molecule has 604 valence electrons. The van der Waals surface area contributed by atoms with E-state index in [0.29, 0.717) is 47.7 Å². The first-order valence-electron chi connectivity index (χ1n) is 39.9. The number of hydrogen-bond donors (Lipinski definition) is 2. The van der Waals surface area contributed by atoms with Gasteiger partial charge in [0.15, 0.2) is 21.4 Å². The molecule has 0 aliphatic rings. The highest BCUT2D eigenvalue weighted by molar-refractivity contribution is 9.11. The predicted molar refractivity (Wildman–Crippen MR) is 547 cm³/mol. The standard InChI is InChI=1S/C42H33O3P3.C42H33P3.C18H14BrP.C6H4Br2.H2O2/c43-46(34-18-6-1-7-19-34,35-20-8-2-9-21-35)39-28-16-30-41(32-39)48(45,38-26-14-5-15-27-38)42-31-17-29-40(33-42)47(44,36-22-10-3-11-23-36)37-24-12-4-13-25-37;1-6-18-34(19-7-1)43(35-20-8-2-9-21-35)39-28-16-30-41(32-39)45(38-26-14-5-15-27-38)42-31-17-29-40(33-42)44(36-22-10-3-11-23-36)37-24-12-4-13-25-37;19-15-8-7-13-18(14-15)20(16-9-3-1-4-10-16)17-11-5-2-6-12-17;7-5-1-2-6(8)4-3-5;1-2/h1-33H;1-33H;1-14H;1-4H;1-2H. The van der Waals surface area contributed by atoms with Gasteiger partial charge < -0.3 is 13.7 Å². The van der Waals surface area contributed by atoms with Gasteiger partial charge in [-0.2, -0.15) is 0 Å². The Labute approximate surface area is 752 Å². The summed E-state index contributed by atoms with van der Waals surface area (Å²) in [6.45, 7) is 0. The smallest absolute Gasteiger partial charge is 0.171 e.